The maximum absolute atomic E-state index is 12.1. The van der Waals surface area contributed by atoms with E-state index in [0.29, 0.717) is 12.5 Å². The van der Waals surface area contributed by atoms with Gasteiger partial charge in [-0.05, 0) is 32.1 Å². The maximum Gasteiger partial charge on any atom is 0.307 e. The SMILES string of the molecule is COC1CCC(N(C)C(=O)C2CC2C(=O)O)CC1. The molecule has 2 aliphatic carbocycles. The van der Waals surface area contributed by atoms with E-state index < -0.39 is 11.9 Å². The number of aliphatic carboxylic acids is 1. The van der Waals surface area contributed by atoms with Crippen LogP contribution in [0, 0.1) is 11.8 Å². The van der Waals surface area contributed by atoms with Gasteiger partial charge in [-0.1, -0.05) is 0 Å². The van der Waals surface area contributed by atoms with Gasteiger partial charge in [0.25, 0.3) is 0 Å². The molecule has 0 saturated heterocycles. The van der Waals surface area contributed by atoms with Crippen LogP contribution in [0.25, 0.3) is 0 Å². The van der Waals surface area contributed by atoms with Crippen LogP contribution >= 0.6 is 0 Å². The van der Waals surface area contributed by atoms with Crippen molar-refractivity contribution in [2.24, 2.45) is 11.8 Å². The van der Waals surface area contributed by atoms with Crippen molar-refractivity contribution in [3.05, 3.63) is 0 Å². The number of rotatable bonds is 4. The Labute approximate surface area is 107 Å². The van der Waals surface area contributed by atoms with Crippen molar-refractivity contribution in [2.75, 3.05) is 14.2 Å². The zero-order valence-corrected chi connectivity index (χ0v) is 11.0. The molecule has 0 aromatic rings. The lowest BCUT2D eigenvalue weighted by Crippen LogP contribution is -2.41. The second-order valence-corrected chi connectivity index (χ2v) is 5.40. The fraction of sp³-hybridized carbons (Fsp3) is 0.846. The van der Waals surface area contributed by atoms with Crippen LogP contribution in [0.15, 0.2) is 0 Å². The Bertz CT molecular complexity index is 336. The number of methoxy groups -OCH3 is 1. The van der Waals surface area contributed by atoms with Crippen LogP contribution in [0.3, 0.4) is 0 Å². The lowest BCUT2D eigenvalue weighted by molar-refractivity contribution is -0.142. The summed E-state index contributed by atoms with van der Waals surface area (Å²) in [7, 11) is 3.53. The Morgan fingerprint density at radius 2 is 1.78 bits per heavy atom. The Morgan fingerprint density at radius 1 is 1.17 bits per heavy atom. The van der Waals surface area contributed by atoms with Gasteiger partial charge in [0, 0.05) is 20.2 Å². The van der Waals surface area contributed by atoms with Gasteiger partial charge in [-0.3, -0.25) is 9.59 Å². The number of carboxylic acids is 1. The third kappa shape index (κ3) is 2.66. The first-order valence-corrected chi connectivity index (χ1v) is 6.56. The largest absolute Gasteiger partial charge is 0.481 e. The van der Waals surface area contributed by atoms with E-state index in [2.05, 4.69) is 0 Å². The molecule has 5 heteroatoms. The van der Waals surface area contributed by atoms with E-state index >= 15 is 0 Å². The Morgan fingerprint density at radius 3 is 2.22 bits per heavy atom. The van der Waals surface area contributed by atoms with E-state index in [1.807, 2.05) is 0 Å². The van der Waals surface area contributed by atoms with Crippen molar-refractivity contribution in [1.82, 2.24) is 4.90 Å². The molecule has 5 nitrogen and oxygen atoms in total. The third-order valence-electron chi connectivity index (χ3n) is 4.30. The lowest BCUT2D eigenvalue weighted by atomic mass is 9.92. The fourth-order valence-corrected chi connectivity index (χ4v) is 2.85. The van der Waals surface area contributed by atoms with Crippen LogP contribution in [0.4, 0.5) is 0 Å². The average molecular weight is 255 g/mol. The number of carbonyl (C=O) groups excluding carboxylic acids is 1. The molecule has 2 rings (SSSR count). The van der Waals surface area contributed by atoms with Gasteiger partial charge in [-0.2, -0.15) is 0 Å². The molecular formula is C13H21NO4. The minimum absolute atomic E-state index is 0.00302. The molecule has 0 radical (unpaired) electrons. The highest BCUT2D eigenvalue weighted by molar-refractivity contribution is 5.89. The molecule has 0 heterocycles. The summed E-state index contributed by atoms with van der Waals surface area (Å²) >= 11 is 0. The number of amides is 1. The molecule has 2 fully saturated rings. The van der Waals surface area contributed by atoms with Gasteiger partial charge in [-0.15, -0.1) is 0 Å². The molecule has 1 N–H and O–H groups in total. The summed E-state index contributed by atoms with van der Waals surface area (Å²) in [6.07, 6.45) is 4.68. The molecule has 102 valence electrons. The second kappa shape index (κ2) is 5.26. The van der Waals surface area contributed by atoms with Gasteiger partial charge in [0.1, 0.15) is 0 Å². The standard InChI is InChI=1S/C13H21NO4/c1-14(8-3-5-9(18-2)6-4-8)12(15)10-7-11(10)13(16)17/h8-11H,3-7H2,1-2H3,(H,16,17). The van der Waals surface area contributed by atoms with E-state index in [-0.39, 0.29) is 17.9 Å². The first kappa shape index (κ1) is 13.3. The molecule has 2 aliphatic rings. The summed E-state index contributed by atoms with van der Waals surface area (Å²) in [5.41, 5.74) is 0. The predicted octanol–water partition coefficient (Wildman–Crippen LogP) is 1.12. The first-order valence-electron chi connectivity index (χ1n) is 6.56. The molecule has 0 bridgehead atoms. The Hall–Kier alpha value is -1.10. The van der Waals surface area contributed by atoms with E-state index in [4.69, 9.17) is 9.84 Å². The molecule has 0 aromatic heterocycles. The van der Waals surface area contributed by atoms with E-state index in [1.165, 1.54) is 0 Å². The molecule has 1 amide bonds. The summed E-state index contributed by atoms with van der Waals surface area (Å²) in [6.45, 7) is 0. The normalized spacial score (nSPS) is 35.0. The summed E-state index contributed by atoms with van der Waals surface area (Å²) in [5.74, 6) is -1.57. The number of ether oxygens (including phenoxy) is 1. The molecular weight excluding hydrogens is 234 g/mol. The predicted molar refractivity (Wildman–Crippen MR) is 65.1 cm³/mol. The van der Waals surface area contributed by atoms with Crippen LogP contribution < -0.4 is 0 Å². The zero-order valence-electron chi connectivity index (χ0n) is 11.0. The topological polar surface area (TPSA) is 66.8 Å². The average Bonchev–Trinajstić information content (AvgIpc) is 3.17. The van der Waals surface area contributed by atoms with Gasteiger partial charge in [0.2, 0.25) is 5.91 Å². The summed E-state index contributed by atoms with van der Waals surface area (Å²) < 4.78 is 5.31. The van der Waals surface area contributed by atoms with E-state index in [1.54, 1.807) is 19.1 Å². The molecule has 18 heavy (non-hydrogen) atoms. The van der Waals surface area contributed by atoms with Gasteiger partial charge in [-0.25, -0.2) is 0 Å². The van der Waals surface area contributed by atoms with E-state index in [9.17, 15) is 9.59 Å². The van der Waals surface area contributed by atoms with Crippen LogP contribution in [-0.4, -0.2) is 48.2 Å². The molecule has 0 aliphatic heterocycles. The van der Waals surface area contributed by atoms with Gasteiger partial charge >= 0.3 is 5.97 Å². The third-order valence-corrected chi connectivity index (χ3v) is 4.30. The number of nitrogens with zero attached hydrogens (tertiary/aromatic N) is 1. The van der Waals surface area contributed by atoms with Crippen molar-refractivity contribution in [3.63, 3.8) is 0 Å². The lowest BCUT2D eigenvalue weighted by Gasteiger charge is -2.34. The zero-order chi connectivity index (χ0) is 13.3. The Balaban J connectivity index is 1.83. The quantitative estimate of drug-likeness (QED) is 0.817. The smallest absolute Gasteiger partial charge is 0.307 e. The van der Waals surface area contributed by atoms with Gasteiger partial charge in [0.15, 0.2) is 0 Å². The highest BCUT2D eigenvalue weighted by Gasteiger charge is 2.50. The molecule has 2 saturated carbocycles. The number of carboxylic acid groups (broad SMARTS) is 1. The van der Waals surface area contributed by atoms with Crippen LogP contribution in [0.2, 0.25) is 0 Å². The summed E-state index contributed by atoms with van der Waals surface area (Å²) in [5, 5.41) is 8.84. The highest BCUT2D eigenvalue weighted by atomic mass is 16.5. The summed E-state index contributed by atoms with van der Waals surface area (Å²) in [4.78, 5) is 24.6. The second-order valence-electron chi connectivity index (χ2n) is 5.40. The number of carbonyl (C=O) groups is 2. The fourth-order valence-electron chi connectivity index (χ4n) is 2.85. The van der Waals surface area contributed by atoms with Crippen molar-refractivity contribution in [2.45, 2.75) is 44.2 Å². The monoisotopic (exact) mass is 255 g/mol. The van der Waals surface area contributed by atoms with Crippen LogP contribution in [-0.2, 0) is 14.3 Å². The number of hydrogen-bond acceptors (Lipinski definition) is 3. The molecule has 2 unspecified atom stereocenters. The van der Waals surface area contributed by atoms with Gasteiger partial charge < -0.3 is 14.7 Å². The minimum Gasteiger partial charge on any atom is -0.481 e. The van der Waals surface area contributed by atoms with Crippen molar-refractivity contribution < 1.29 is 19.4 Å². The van der Waals surface area contributed by atoms with Gasteiger partial charge in [0.05, 0.1) is 17.9 Å². The van der Waals surface area contributed by atoms with Crippen LogP contribution in [0.5, 0.6) is 0 Å². The molecule has 0 spiro atoms. The maximum atomic E-state index is 12.1. The minimum atomic E-state index is -0.843. The molecule has 2 atom stereocenters. The van der Waals surface area contributed by atoms with E-state index in [0.717, 1.165) is 25.7 Å². The van der Waals surface area contributed by atoms with Crippen molar-refractivity contribution >= 4 is 11.9 Å². The highest BCUT2D eigenvalue weighted by Crippen LogP contribution is 2.40. The van der Waals surface area contributed by atoms with Crippen molar-refractivity contribution in [1.29, 1.82) is 0 Å². The van der Waals surface area contributed by atoms with Crippen molar-refractivity contribution in [3.8, 4) is 0 Å². The first-order chi connectivity index (χ1) is 8.54. The number of hydrogen-bond donors (Lipinski definition) is 1. The summed E-state index contributed by atoms with van der Waals surface area (Å²) in [6, 6.07) is 0.249. The molecule has 0 aromatic carbocycles. The van der Waals surface area contributed by atoms with Crippen LogP contribution in [0.1, 0.15) is 32.1 Å². The Kier molecular flexibility index (Phi) is 3.90.